The molecule has 2 fully saturated rings. The number of rotatable bonds is 4. The second kappa shape index (κ2) is 9.71. The molecule has 8 nitrogen and oxygen atoms in total. The van der Waals surface area contributed by atoms with E-state index in [9.17, 15) is 9.59 Å². The normalized spacial score (nSPS) is 22.0. The highest BCUT2D eigenvalue weighted by atomic mass is 16.5. The summed E-state index contributed by atoms with van der Waals surface area (Å²) in [7, 11) is 5.33. The number of ether oxygens (including phenoxy) is 2. The van der Waals surface area contributed by atoms with E-state index in [4.69, 9.17) is 9.47 Å². The Kier molecular flexibility index (Phi) is 6.70. The predicted molar refractivity (Wildman–Crippen MR) is 147 cm³/mol. The molecule has 3 amide bonds. The summed E-state index contributed by atoms with van der Waals surface area (Å²) < 4.78 is 13.3. The molecule has 38 heavy (non-hydrogen) atoms. The number of allylic oxidation sites excluding steroid dienone is 1. The predicted octanol–water partition coefficient (Wildman–Crippen LogP) is 4.67. The first-order chi connectivity index (χ1) is 18.1. The zero-order valence-electron chi connectivity index (χ0n) is 23.8. The van der Waals surface area contributed by atoms with Crippen molar-refractivity contribution in [2.45, 2.75) is 59.0 Å². The van der Waals surface area contributed by atoms with Crippen LogP contribution in [0.1, 0.15) is 59.6 Å². The fourth-order valence-electron chi connectivity index (χ4n) is 6.67. The van der Waals surface area contributed by atoms with E-state index in [1.807, 2.05) is 53.8 Å². The maximum atomic E-state index is 13.9. The molecule has 0 radical (unpaired) electrons. The average Bonchev–Trinajstić information content (AvgIpc) is 3.27. The number of amides is 3. The zero-order chi connectivity index (χ0) is 27.4. The van der Waals surface area contributed by atoms with E-state index in [0.717, 1.165) is 64.5 Å². The van der Waals surface area contributed by atoms with Gasteiger partial charge in [0.05, 0.1) is 31.9 Å². The number of fused-ring (bicyclic) bond motifs is 3. The zero-order valence-corrected chi connectivity index (χ0v) is 23.8. The smallest absolute Gasteiger partial charge is 0.325 e. The van der Waals surface area contributed by atoms with Crippen molar-refractivity contribution in [2.24, 2.45) is 13.0 Å². The highest BCUT2D eigenvalue weighted by Crippen LogP contribution is 2.47. The van der Waals surface area contributed by atoms with Gasteiger partial charge in [0, 0.05) is 49.8 Å². The Morgan fingerprint density at radius 3 is 2.39 bits per heavy atom. The molecule has 204 valence electrons. The Bertz CT molecular complexity index is 1300. The largest absolute Gasteiger partial charge is 0.497 e. The molecule has 4 heterocycles. The van der Waals surface area contributed by atoms with Gasteiger partial charge in [-0.05, 0) is 69.2 Å². The number of likely N-dealkylation sites (N-methyl/N-ethyl adjacent to an activating group) is 1. The number of benzene rings is 1. The fraction of sp³-hybridized carbons (Fsp3) is 0.533. The summed E-state index contributed by atoms with van der Waals surface area (Å²) in [4.78, 5) is 33.4. The van der Waals surface area contributed by atoms with Crippen molar-refractivity contribution < 1.29 is 19.1 Å². The first-order valence-corrected chi connectivity index (χ1v) is 13.6. The van der Waals surface area contributed by atoms with Gasteiger partial charge >= 0.3 is 6.03 Å². The van der Waals surface area contributed by atoms with Gasteiger partial charge in [-0.1, -0.05) is 13.0 Å². The van der Waals surface area contributed by atoms with Crippen LogP contribution in [-0.4, -0.2) is 70.6 Å². The van der Waals surface area contributed by atoms with Crippen molar-refractivity contribution in [2.75, 3.05) is 33.9 Å². The number of methoxy groups -OCH3 is 2. The second-order valence-corrected chi connectivity index (χ2v) is 11.0. The number of hydrogen-bond acceptors (Lipinski definition) is 4. The fourth-order valence-corrected chi connectivity index (χ4v) is 6.67. The van der Waals surface area contributed by atoms with Crippen molar-refractivity contribution in [3.05, 3.63) is 58.1 Å². The van der Waals surface area contributed by atoms with Crippen LogP contribution in [0.2, 0.25) is 0 Å². The van der Waals surface area contributed by atoms with E-state index in [-0.39, 0.29) is 17.9 Å². The molecular formula is C30H40N4O4. The molecular weight excluding hydrogens is 480 g/mol. The van der Waals surface area contributed by atoms with Crippen molar-refractivity contribution >= 4 is 11.9 Å². The van der Waals surface area contributed by atoms with Crippen LogP contribution < -0.4 is 9.47 Å². The first kappa shape index (κ1) is 26.2. The number of aryl methyl sites for hydroxylation is 1. The lowest BCUT2D eigenvalue weighted by molar-refractivity contribution is 0.0574. The Balaban J connectivity index is 1.48. The van der Waals surface area contributed by atoms with Crippen molar-refractivity contribution in [1.29, 1.82) is 0 Å². The molecule has 1 aromatic carbocycles. The topological polar surface area (TPSA) is 67.2 Å². The van der Waals surface area contributed by atoms with E-state index in [1.165, 1.54) is 0 Å². The van der Waals surface area contributed by atoms with Gasteiger partial charge in [0.2, 0.25) is 0 Å². The lowest BCUT2D eigenvalue weighted by Crippen LogP contribution is -2.54. The van der Waals surface area contributed by atoms with Crippen molar-refractivity contribution in [3.63, 3.8) is 0 Å². The third-order valence-corrected chi connectivity index (χ3v) is 8.97. The van der Waals surface area contributed by atoms with Crippen LogP contribution in [0, 0.1) is 19.8 Å². The Morgan fingerprint density at radius 2 is 1.82 bits per heavy atom. The molecule has 2 aromatic rings. The summed E-state index contributed by atoms with van der Waals surface area (Å²) in [6.07, 6.45) is 4.58. The van der Waals surface area contributed by atoms with Gasteiger partial charge in [0.1, 0.15) is 11.5 Å². The lowest BCUT2D eigenvalue weighted by Gasteiger charge is -2.44. The minimum absolute atomic E-state index is 0.0369. The second-order valence-electron chi connectivity index (χ2n) is 11.0. The van der Waals surface area contributed by atoms with Crippen LogP contribution in [0.15, 0.2) is 30.0 Å². The van der Waals surface area contributed by atoms with Gasteiger partial charge < -0.3 is 23.8 Å². The van der Waals surface area contributed by atoms with Crippen LogP contribution in [0.25, 0.3) is 0 Å². The number of likely N-dealkylation sites (tertiary alicyclic amines) is 1. The molecule has 2 saturated heterocycles. The molecule has 8 heteroatoms. The minimum Gasteiger partial charge on any atom is -0.497 e. The number of carbonyl (C=O) groups excluding carboxylic acids is 2. The molecule has 0 saturated carbocycles. The van der Waals surface area contributed by atoms with Crippen LogP contribution >= 0.6 is 0 Å². The van der Waals surface area contributed by atoms with Gasteiger partial charge in [-0.3, -0.25) is 9.69 Å². The lowest BCUT2D eigenvalue weighted by atomic mass is 9.80. The standard InChI is InChI=1S/C30H40N4O4/c1-8-34-29(36)33-18-22-16-23(37-6)17-26(38-7)25(22)13-19(2)14-27(33)30(34)9-11-32(12-10-30)28(35)24-15-20(3)31(5)21(24)4/h14-17,19H,8-13,18H2,1-7H3/b27-14-/t19-/m1/s1. The summed E-state index contributed by atoms with van der Waals surface area (Å²) >= 11 is 0. The van der Waals surface area contributed by atoms with E-state index in [1.54, 1.807) is 14.2 Å². The number of carbonyl (C=O) groups is 2. The molecule has 5 rings (SSSR count). The van der Waals surface area contributed by atoms with E-state index >= 15 is 0 Å². The molecule has 0 unspecified atom stereocenters. The Labute approximate surface area is 225 Å². The number of piperidine rings is 1. The highest BCUT2D eigenvalue weighted by molar-refractivity contribution is 5.96. The average molecular weight is 521 g/mol. The molecule has 1 atom stereocenters. The molecule has 1 spiro atoms. The van der Waals surface area contributed by atoms with Crippen molar-refractivity contribution in [1.82, 2.24) is 19.3 Å². The quantitative estimate of drug-likeness (QED) is 0.588. The van der Waals surface area contributed by atoms with Crippen LogP contribution in [-0.2, 0) is 20.0 Å². The van der Waals surface area contributed by atoms with E-state index in [2.05, 4.69) is 24.5 Å². The third-order valence-electron chi connectivity index (χ3n) is 8.97. The maximum Gasteiger partial charge on any atom is 0.325 e. The summed E-state index contributed by atoms with van der Waals surface area (Å²) in [5, 5.41) is 0. The van der Waals surface area contributed by atoms with Crippen LogP contribution in [0.5, 0.6) is 11.5 Å². The van der Waals surface area contributed by atoms with Gasteiger partial charge in [-0.15, -0.1) is 0 Å². The molecule has 0 aliphatic carbocycles. The number of hydrogen-bond donors (Lipinski definition) is 0. The molecule has 3 aliphatic rings. The molecule has 1 aromatic heterocycles. The first-order valence-electron chi connectivity index (χ1n) is 13.6. The number of aromatic nitrogens is 1. The van der Waals surface area contributed by atoms with Gasteiger partial charge in [-0.25, -0.2) is 4.79 Å². The van der Waals surface area contributed by atoms with Gasteiger partial charge in [0.25, 0.3) is 5.91 Å². The van der Waals surface area contributed by atoms with E-state index in [0.29, 0.717) is 26.2 Å². The minimum atomic E-state index is -0.404. The summed E-state index contributed by atoms with van der Waals surface area (Å²) in [5.41, 5.74) is 5.71. The third kappa shape index (κ3) is 3.96. The van der Waals surface area contributed by atoms with E-state index < -0.39 is 5.54 Å². The van der Waals surface area contributed by atoms with Crippen LogP contribution in [0.4, 0.5) is 4.79 Å². The van der Waals surface area contributed by atoms with Gasteiger partial charge in [0.15, 0.2) is 0 Å². The summed E-state index contributed by atoms with van der Waals surface area (Å²) in [5.74, 6) is 1.82. The monoisotopic (exact) mass is 520 g/mol. The van der Waals surface area contributed by atoms with Crippen LogP contribution in [0.3, 0.4) is 0 Å². The molecule has 0 N–H and O–H groups in total. The Hall–Kier alpha value is -3.42. The maximum absolute atomic E-state index is 13.9. The summed E-state index contributed by atoms with van der Waals surface area (Å²) in [6, 6.07) is 5.98. The highest BCUT2D eigenvalue weighted by Gasteiger charge is 2.55. The molecule has 3 aliphatic heterocycles. The number of nitrogens with zero attached hydrogens (tertiary/aromatic N) is 4. The van der Waals surface area contributed by atoms with Gasteiger partial charge in [-0.2, -0.15) is 0 Å². The van der Waals surface area contributed by atoms with Crippen molar-refractivity contribution in [3.8, 4) is 11.5 Å². The Morgan fingerprint density at radius 1 is 1.11 bits per heavy atom. The SMILES string of the molecule is CCN1C(=O)N2Cc3cc(OC)cc(OC)c3C[C@@H](C)/C=C\2C12CCN(C(=O)c1cc(C)n(C)c1C)CC2. The molecule has 0 bridgehead atoms. The number of urea groups is 1. The summed E-state index contributed by atoms with van der Waals surface area (Å²) in [6.45, 7) is 10.6.